The second kappa shape index (κ2) is 7.70. The number of nitrogens with zero attached hydrogens (tertiary/aromatic N) is 1. The van der Waals surface area contributed by atoms with E-state index in [-0.39, 0.29) is 11.8 Å². The van der Waals surface area contributed by atoms with Crippen molar-refractivity contribution >= 4 is 56.8 Å². The second-order valence-electron chi connectivity index (χ2n) is 7.32. The molecule has 2 aliphatic rings. The van der Waals surface area contributed by atoms with Gasteiger partial charge in [-0.25, -0.2) is 4.99 Å². The van der Waals surface area contributed by atoms with Crippen LogP contribution in [0.4, 0.5) is 16.4 Å². The highest BCUT2D eigenvalue weighted by atomic mass is 35.5. The molecule has 1 aliphatic carbocycles. The van der Waals surface area contributed by atoms with Crippen LogP contribution >= 0.6 is 22.9 Å². The molecule has 1 aromatic heterocycles. The van der Waals surface area contributed by atoms with Gasteiger partial charge in [0.15, 0.2) is 0 Å². The Balaban J connectivity index is 1.60. The molecule has 30 heavy (non-hydrogen) atoms. The predicted molar refractivity (Wildman–Crippen MR) is 122 cm³/mol. The third-order valence-electron chi connectivity index (χ3n) is 5.32. The molecule has 0 unspecified atom stereocenters. The Morgan fingerprint density at radius 1 is 1.10 bits per heavy atom. The topological polar surface area (TPSA) is 70.6 Å². The Morgan fingerprint density at radius 3 is 2.73 bits per heavy atom. The highest BCUT2D eigenvalue weighted by molar-refractivity contribution is 7.16. The van der Waals surface area contributed by atoms with Crippen LogP contribution in [0, 0.1) is 0 Å². The SMILES string of the molecule is O=C1Nc2ccc(Cl)cc2C1=Nc1sc2c(c1C(=O)Nc1ccccc1)CCCC2. The molecular formula is C23H18ClN3O2S. The number of rotatable bonds is 3. The van der Waals surface area contributed by atoms with Crippen molar-refractivity contribution in [2.75, 3.05) is 10.6 Å². The summed E-state index contributed by atoms with van der Waals surface area (Å²) in [6, 6.07) is 14.6. The molecular weight excluding hydrogens is 418 g/mol. The molecule has 2 N–H and O–H groups in total. The zero-order valence-corrected chi connectivity index (χ0v) is 17.6. The Labute approximate surface area is 182 Å². The van der Waals surface area contributed by atoms with Gasteiger partial charge in [-0.05, 0) is 61.6 Å². The van der Waals surface area contributed by atoms with Crippen molar-refractivity contribution in [3.05, 3.63) is 75.1 Å². The number of thiophene rings is 1. The molecule has 0 spiro atoms. The number of amides is 2. The number of carbonyl (C=O) groups is 2. The van der Waals surface area contributed by atoms with E-state index in [1.165, 1.54) is 16.2 Å². The number of para-hydroxylation sites is 1. The number of nitrogens with one attached hydrogen (secondary N) is 2. The van der Waals surface area contributed by atoms with E-state index in [0.717, 1.165) is 36.9 Å². The van der Waals surface area contributed by atoms with Gasteiger partial charge in [0.05, 0.1) is 11.3 Å². The van der Waals surface area contributed by atoms with E-state index in [1.54, 1.807) is 18.2 Å². The first-order valence-corrected chi connectivity index (χ1v) is 11.0. The Hall–Kier alpha value is -2.96. The third-order valence-corrected chi connectivity index (χ3v) is 6.75. The molecule has 1 aliphatic heterocycles. The van der Waals surface area contributed by atoms with Crippen LogP contribution in [-0.2, 0) is 17.6 Å². The van der Waals surface area contributed by atoms with E-state index in [9.17, 15) is 9.59 Å². The van der Waals surface area contributed by atoms with Crippen molar-refractivity contribution in [1.82, 2.24) is 0 Å². The lowest BCUT2D eigenvalue weighted by molar-refractivity contribution is -0.110. The zero-order chi connectivity index (χ0) is 20.7. The maximum Gasteiger partial charge on any atom is 0.275 e. The fourth-order valence-corrected chi connectivity index (χ4v) is 5.35. The lowest BCUT2D eigenvalue weighted by Crippen LogP contribution is -2.16. The normalized spacial score (nSPS) is 16.2. The van der Waals surface area contributed by atoms with Crippen LogP contribution < -0.4 is 10.6 Å². The molecule has 7 heteroatoms. The van der Waals surface area contributed by atoms with Crippen LogP contribution in [0.1, 0.15) is 39.2 Å². The molecule has 0 fully saturated rings. The van der Waals surface area contributed by atoms with Gasteiger partial charge in [0.25, 0.3) is 11.8 Å². The van der Waals surface area contributed by atoms with Gasteiger partial charge in [0, 0.05) is 21.2 Å². The van der Waals surface area contributed by atoms with Crippen molar-refractivity contribution in [1.29, 1.82) is 0 Å². The summed E-state index contributed by atoms with van der Waals surface area (Å²) in [4.78, 5) is 31.7. The lowest BCUT2D eigenvalue weighted by Gasteiger charge is -2.12. The molecule has 5 nitrogen and oxygen atoms in total. The van der Waals surface area contributed by atoms with Gasteiger partial charge in [-0.15, -0.1) is 11.3 Å². The van der Waals surface area contributed by atoms with Crippen molar-refractivity contribution in [2.45, 2.75) is 25.7 Å². The summed E-state index contributed by atoms with van der Waals surface area (Å²) in [5.74, 6) is -0.474. The summed E-state index contributed by atoms with van der Waals surface area (Å²) in [6.45, 7) is 0. The number of fused-ring (bicyclic) bond motifs is 2. The lowest BCUT2D eigenvalue weighted by atomic mass is 9.95. The minimum Gasteiger partial charge on any atom is -0.322 e. The number of hydrogen-bond acceptors (Lipinski definition) is 4. The molecule has 5 rings (SSSR count). The second-order valence-corrected chi connectivity index (χ2v) is 8.84. The van der Waals surface area contributed by atoms with E-state index in [1.807, 2.05) is 30.3 Å². The molecule has 0 saturated heterocycles. The number of halogens is 1. The summed E-state index contributed by atoms with van der Waals surface area (Å²) in [5.41, 5.74) is 4.00. The fourth-order valence-electron chi connectivity index (χ4n) is 3.92. The first kappa shape index (κ1) is 19.0. The maximum absolute atomic E-state index is 13.2. The van der Waals surface area contributed by atoms with Gasteiger partial charge in [-0.2, -0.15) is 0 Å². The van der Waals surface area contributed by atoms with Gasteiger partial charge in [-0.3, -0.25) is 9.59 Å². The number of anilines is 2. The van der Waals surface area contributed by atoms with E-state index in [4.69, 9.17) is 16.6 Å². The Bertz CT molecular complexity index is 1200. The smallest absolute Gasteiger partial charge is 0.275 e. The molecule has 150 valence electrons. The number of aliphatic imine (C=N–C) groups is 1. The summed E-state index contributed by atoms with van der Waals surface area (Å²) in [5, 5.41) is 6.91. The highest BCUT2D eigenvalue weighted by Crippen LogP contribution is 2.41. The van der Waals surface area contributed by atoms with Gasteiger partial charge in [-0.1, -0.05) is 29.8 Å². The Kier molecular flexibility index (Phi) is 4.89. The van der Waals surface area contributed by atoms with E-state index >= 15 is 0 Å². The summed E-state index contributed by atoms with van der Waals surface area (Å²) < 4.78 is 0. The zero-order valence-electron chi connectivity index (χ0n) is 16.0. The molecule has 2 aromatic carbocycles. The quantitative estimate of drug-likeness (QED) is 0.561. The van der Waals surface area contributed by atoms with E-state index < -0.39 is 0 Å². The van der Waals surface area contributed by atoms with E-state index in [2.05, 4.69) is 10.6 Å². The molecule has 0 saturated carbocycles. The number of aryl methyl sites for hydroxylation is 1. The number of hydrogen-bond donors (Lipinski definition) is 2. The number of carbonyl (C=O) groups excluding carboxylic acids is 2. The fraction of sp³-hybridized carbons (Fsp3) is 0.174. The van der Waals surface area contributed by atoms with Crippen LogP contribution in [0.15, 0.2) is 53.5 Å². The summed E-state index contributed by atoms with van der Waals surface area (Å²) in [7, 11) is 0. The van der Waals surface area contributed by atoms with Gasteiger partial charge in [0.1, 0.15) is 10.7 Å². The first-order chi connectivity index (χ1) is 14.6. The predicted octanol–water partition coefficient (Wildman–Crippen LogP) is 5.61. The highest BCUT2D eigenvalue weighted by Gasteiger charge is 2.30. The molecule has 3 aromatic rings. The van der Waals surface area contributed by atoms with Crippen LogP contribution in [0.2, 0.25) is 5.02 Å². The van der Waals surface area contributed by atoms with Gasteiger partial charge < -0.3 is 10.6 Å². The molecule has 0 radical (unpaired) electrons. The van der Waals surface area contributed by atoms with Gasteiger partial charge >= 0.3 is 0 Å². The van der Waals surface area contributed by atoms with Crippen molar-refractivity contribution in [3.8, 4) is 0 Å². The maximum atomic E-state index is 13.2. The van der Waals surface area contributed by atoms with Crippen LogP contribution in [0.5, 0.6) is 0 Å². The van der Waals surface area contributed by atoms with Crippen molar-refractivity contribution in [2.24, 2.45) is 4.99 Å². The first-order valence-electron chi connectivity index (χ1n) is 9.81. The van der Waals surface area contributed by atoms with Crippen LogP contribution in [0.25, 0.3) is 0 Å². The minimum atomic E-state index is -0.284. The van der Waals surface area contributed by atoms with E-state index in [0.29, 0.717) is 32.5 Å². The summed E-state index contributed by atoms with van der Waals surface area (Å²) >= 11 is 7.65. The molecule has 2 heterocycles. The standard InChI is InChI=1S/C23H18ClN3O2S/c24-13-10-11-17-16(12-13)20(22(29)26-17)27-23-19(15-8-4-5-9-18(15)30-23)21(28)25-14-6-2-1-3-7-14/h1-3,6-7,10-12H,4-5,8-9H2,(H,25,28)(H,26,27,29). The molecule has 2 amide bonds. The molecule has 0 bridgehead atoms. The van der Waals surface area contributed by atoms with Crippen molar-refractivity contribution in [3.63, 3.8) is 0 Å². The minimum absolute atomic E-state index is 0.190. The van der Waals surface area contributed by atoms with Crippen LogP contribution in [0.3, 0.4) is 0 Å². The average molecular weight is 436 g/mol. The van der Waals surface area contributed by atoms with Crippen molar-refractivity contribution < 1.29 is 9.59 Å². The third kappa shape index (κ3) is 3.42. The monoisotopic (exact) mass is 435 g/mol. The largest absolute Gasteiger partial charge is 0.322 e. The average Bonchev–Trinajstić information content (AvgIpc) is 3.26. The molecule has 0 atom stereocenters. The Morgan fingerprint density at radius 2 is 1.90 bits per heavy atom. The van der Waals surface area contributed by atoms with Gasteiger partial charge in [0.2, 0.25) is 0 Å². The number of benzene rings is 2. The summed E-state index contributed by atoms with van der Waals surface area (Å²) in [6.07, 6.45) is 3.93. The van der Waals surface area contributed by atoms with Crippen LogP contribution in [-0.4, -0.2) is 17.5 Å².